The highest BCUT2D eigenvalue weighted by atomic mass is 15.1. The van der Waals surface area contributed by atoms with Gasteiger partial charge in [0.05, 0.1) is 6.54 Å². The third-order valence-electron chi connectivity index (χ3n) is 3.06. The molecule has 2 rings (SSSR count). The minimum atomic E-state index is 0.696. The van der Waals surface area contributed by atoms with E-state index in [-0.39, 0.29) is 0 Å². The maximum atomic E-state index is 4.48. The molecule has 4 heteroatoms. The molecule has 0 fully saturated rings. The highest BCUT2D eigenvalue weighted by molar-refractivity contribution is 5.52. The molecule has 1 aromatic carbocycles. The van der Waals surface area contributed by atoms with Gasteiger partial charge in [-0.2, -0.15) is 0 Å². The molecule has 0 amide bonds. The molecule has 0 bridgehead atoms. The molecule has 0 aliphatic heterocycles. The van der Waals surface area contributed by atoms with Gasteiger partial charge in [0.15, 0.2) is 0 Å². The lowest BCUT2D eigenvalue weighted by atomic mass is 10.2. The molecule has 0 saturated heterocycles. The van der Waals surface area contributed by atoms with Crippen molar-refractivity contribution in [3.63, 3.8) is 0 Å². The predicted molar refractivity (Wildman–Crippen MR) is 79.6 cm³/mol. The van der Waals surface area contributed by atoms with Gasteiger partial charge in [0.25, 0.3) is 0 Å². The van der Waals surface area contributed by atoms with Crippen LogP contribution in [0.4, 0.5) is 11.5 Å². The van der Waals surface area contributed by atoms with Gasteiger partial charge in [0.1, 0.15) is 11.6 Å². The molecule has 1 aromatic heterocycles. The van der Waals surface area contributed by atoms with Crippen molar-refractivity contribution in [3.05, 3.63) is 47.4 Å². The first-order chi connectivity index (χ1) is 9.10. The van der Waals surface area contributed by atoms with Crippen LogP contribution < -0.4 is 10.2 Å². The van der Waals surface area contributed by atoms with Crippen LogP contribution in [0.25, 0.3) is 0 Å². The highest BCUT2D eigenvalue weighted by Crippen LogP contribution is 2.19. The molecule has 2 aromatic rings. The fourth-order valence-electron chi connectivity index (χ4n) is 2.12. The summed E-state index contributed by atoms with van der Waals surface area (Å²) in [4.78, 5) is 11.1. The molecule has 1 N–H and O–H groups in total. The van der Waals surface area contributed by atoms with Gasteiger partial charge in [-0.1, -0.05) is 18.2 Å². The quantitative estimate of drug-likeness (QED) is 0.913. The second-order valence-electron chi connectivity index (χ2n) is 4.70. The summed E-state index contributed by atoms with van der Waals surface area (Å²) in [7, 11) is 3.93. The fourth-order valence-corrected chi connectivity index (χ4v) is 2.12. The lowest BCUT2D eigenvalue weighted by Gasteiger charge is -2.20. The largest absolute Gasteiger partial charge is 0.373 e. The Hall–Kier alpha value is -2.10. The topological polar surface area (TPSA) is 41.1 Å². The van der Waals surface area contributed by atoms with E-state index in [4.69, 9.17) is 0 Å². The summed E-state index contributed by atoms with van der Waals surface area (Å²) >= 11 is 0. The molecule has 100 valence electrons. The monoisotopic (exact) mass is 256 g/mol. The Morgan fingerprint density at radius 2 is 1.89 bits per heavy atom. The van der Waals surface area contributed by atoms with Crippen molar-refractivity contribution in [1.29, 1.82) is 0 Å². The second-order valence-corrected chi connectivity index (χ2v) is 4.70. The lowest BCUT2D eigenvalue weighted by Crippen LogP contribution is -2.19. The maximum absolute atomic E-state index is 4.48. The van der Waals surface area contributed by atoms with Gasteiger partial charge < -0.3 is 10.2 Å². The SMILES string of the molecule is CNc1cc(C)nc(CN(C)c2ccccc2C)n1. The molecular weight excluding hydrogens is 236 g/mol. The third kappa shape index (κ3) is 3.22. The molecule has 0 aliphatic rings. The van der Waals surface area contributed by atoms with E-state index in [0.717, 1.165) is 17.3 Å². The van der Waals surface area contributed by atoms with Crippen molar-refractivity contribution in [2.45, 2.75) is 20.4 Å². The number of aryl methyl sites for hydroxylation is 2. The van der Waals surface area contributed by atoms with E-state index >= 15 is 0 Å². The molecule has 0 aliphatic carbocycles. The van der Waals surface area contributed by atoms with Crippen LogP contribution >= 0.6 is 0 Å². The van der Waals surface area contributed by atoms with Crippen molar-refractivity contribution in [1.82, 2.24) is 9.97 Å². The minimum absolute atomic E-state index is 0.696. The zero-order valence-electron chi connectivity index (χ0n) is 11.9. The standard InChI is InChI=1S/C15H20N4/c1-11-7-5-6-8-13(11)19(4)10-15-17-12(2)9-14(16-3)18-15/h5-9H,10H2,1-4H3,(H,16,17,18). The van der Waals surface area contributed by atoms with Crippen LogP contribution in [0.1, 0.15) is 17.1 Å². The van der Waals surface area contributed by atoms with Crippen LogP contribution in [0.15, 0.2) is 30.3 Å². The minimum Gasteiger partial charge on any atom is -0.373 e. The molecule has 0 saturated carbocycles. The number of para-hydroxylation sites is 1. The normalized spacial score (nSPS) is 10.3. The van der Waals surface area contributed by atoms with Gasteiger partial charge in [0, 0.05) is 31.5 Å². The Kier molecular flexibility index (Phi) is 4.00. The van der Waals surface area contributed by atoms with E-state index in [0.29, 0.717) is 6.54 Å². The van der Waals surface area contributed by atoms with Gasteiger partial charge in [-0.15, -0.1) is 0 Å². The highest BCUT2D eigenvalue weighted by Gasteiger charge is 2.08. The Bertz CT molecular complexity index is 566. The van der Waals surface area contributed by atoms with Gasteiger partial charge >= 0.3 is 0 Å². The van der Waals surface area contributed by atoms with Gasteiger partial charge in [0.2, 0.25) is 0 Å². The van der Waals surface area contributed by atoms with Crippen LogP contribution in [0, 0.1) is 13.8 Å². The number of rotatable bonds is 4. The predicted octanol–water partition coefficient (Wildman–Crippen LogP) is 2.77. The van der Waals surface area contributed by atoms with E-state index in [1.807, 2.05) is 20.0 Å². The molecule has 19 heavy (non-hydrogen) atoms. The number of nitrogens with one attached hydrogen (secondary N) is 1. The van der Waals surface area contributed by atoms with Crippen LogP contribution in [-0.4, -0.2) is 24.1 Å². The summed E-state index contributed by atoms with van der Waals surface area (Å²) in [5.74, 6) is 1.69. The molecule has 1 heterocycles. The van der Waals surface area contributed by atoms with E-state index in [2.05, 4.69) is 58.4 Å². The van der Waals surface area contributed by atoms with Crippen LogP contribution in [0.5, 0.6) is 0 Å². The van der Waals surface area contributed by atoms with E-state index in [9.17, 15) is 0 Å². The first kappa shape index (κ1) is 13.3. The number of anilines is 2. The smallest absolute Gasteiger partial charge is 0.150 e. The van der Waals surface area contributed by atoms with Crippen molar-refractivity contribution >= 4 is 11.5 Å². The van der Waals surface area contributed by atoms with Crippen molar-refractivity contribution < 1.29 is 0 Å². The van der Waals surface area contributed by atoms with E-state index in [1.165, 1.54) is 11.3 Å². The second kappa shape index (κ2) is 5.69. The number of hydrogen-bond donors (Lipinski definition) is 1. The number of hydrogen-bond acceptors (Lipinski definition) is 4. The van der Waals surface area contributed by atoms with Crippen molar-refractivity contribution in [2.24, 2.45) is 0 Å². The Morgan fingerprint density at radius 1 is 1.16 bits per heavy atom. The average molecular weight is 256 g/mol. The molecule has 0 atom stereocenters. The zero-order valence-corrected chi connectivity index (χ0v) is 11.9. The summed E-state index contributed by atoms with van der Waals surface area (Å²) < 4.78 is 0. The molecule has 0 unspecified atom stereocenters. The fraction of sp³-hybridized carbons (Fsp3) is 0.333. The van der Waals surface area contributed by atoms with Crippen molar-refractivity contribution in [3.8, 4) is 0 Å². The first-order valence-corrected chi connectivity index (χ1v) is 6.39. The summed E-state index contributed by atoms with van der Waals surface area (Å²) in [5, 5.41) is 3.06. The number of benzene rings is 1. The van der Waals surface area contributed by atoms with Crippen LogP contribution in [0.2, 0.25) is 0 Å². The number of aromatic nitrogens is 2. The summed E-state index contributed by atoms with van der Waals surface area (Å²) in [6.07, 6.45) is 0. The van der Waals surface area contributed by atoms with Gasteiger partial charge in [-0.25, -0.2) is 9.97 Å². The Labute approximate surface area is 114 Å². The van der Waals surface area contributed by atoms with Crippen molar-refractivity contribution in [2.75, 3.05) is 24.3 Å². The van der Waals surface area contributed by atoms with E-state index in [1.54, 1.807) is 0 Å². The van der Waals surface area contributed by atoms with Gasteiger partial charge in [-0.05, 0) is 25.5 Å². The zero-order chi connectivity index (χ0) is 13.8. The van der Waals surface area contributed by atoms with Crippen LogP contribution in [-0.2, 0) is 6.54 Å². The van der Waals surface area contributed by atoms with Crippen LogP contribution in [0.3, 0.4) is 0 Å². The van der Waals surface area contributed by atoms with Gasteiger partial charge in [-0.3, -0.25) is 0 Å². The molecule has 0 spiro atoms. The summed E-state index contributed by atoms with van der Waals surface area (Å²) in [6.45, 7) is 4.79. The van der Waals surface area contributed by atoms with E-state index < -0.39 is 0 Å². The number of nitrogens with zero attached hydrogens (tertiary/aromatic N) is 3. The lowest BCUT2D eigenvalue weighted by molar-refractivity contribution is 0.827. The first-order valence-electron chi connectivity index (χ1n) is 6.39. The molecule has 4 nitrogen and oxygen atoms in total. The summed E-state index contributed by atoms with van der Waals surface area (Å²) in [5.41, 5.74) is 3.44. The molecular formula is C15H20N4. The summed E-state index contributed by atoms with van der Waals surface area (Å²) in [6, 6.07) is 10.3. The Morgan fingerprint density at radius 3 is 2.58 bits per heavy atom. The molecule has 0 radical (unpaired) electrons. The third-order valence-corrected chi connectivity index (χ3v) is 3.06. The average Bonchev–Trinajstić information content (AvgIpc) is 2.38. The maximum Gasteiger partial charge on any atom is 0.150 e. The Balaban J connectivity index is 2.21.